The first-order chi connectivity index (χ1) is 11.1. The lowest BCUT2D eigenvalue weighted by Gasteiger charge is -2.28. The van der Waals surface area contributed by atoms with Gasteiger partial charge in [-0.1, -0.05) is 36.4 Å². The van der Waals surface area contributed by atoms with E-state index in [2.05, 4.69) is 23.5 Å². The number of nitrogens with one attached hydrogen (secondary N) is 1. The highest BCUT2D eigenvalue weighted by Crippen LogP contribution is 2.25. The average Bonchev–Trinajstić information content (AvgIpc) is 3.06. The van der Waals surface area contributed by atoms with Crippen molar-refractivity contribution in [2.24, 2.45) is 5.92 Å². The van der Waals surface area contributed by atoms with Crippen molar-refractivity contribution in [2.75, 3.05) is 13.1 Å². The highest BCUT2D eigenvalue weighted by atomic mass is 16.4. The lowest BCUT2D eigenvalue weighted by molar-refractivity contribution is -0.142. The number of carbonyl (C=O) groups is 2. The lowest BCUT2D eigenvalue weighted by atomic mass is 9.86. The third-order valence-corrected chi connectivity index (χ3v) is 4.76. The van der Waals surface area contributed by atoms with Gasteiger partial charge in [-0.05, 0) is 36.8 Å². The summed E-state index contributed by atoms with van der Waals surface area (Å²) in [7, 11) is 0. The second kappa shape index (κ2) is 6.86. The van der Waals surface area contributed by atoms with Crippen molar-refractivity contribution in [3.05, 3.63) is 42.0 Å². The van der Waals surface area contributed by atoms with Gasteiger partial charge in [0, 0.05) is 19.1 Å². The normalized spacial score (nSPS) is 24.2. The molecular weight excluding hydrogens is 292 g/mol. The molecule has 5 nitrogen and oxygen atoms in total. The van der Waals surface area contributed by atoms with Crippen LogP contribution >= 0.6 is 0 Å². The van der Waals surface area contributed by atoms with Crippen molar-refractivity contribution in [3.63, 3.8) is 0 Å². The van der Waals surface area contributed by atoms with E-state index < -0.39 is 5.97 Å². The zero-order valence-corrected chi connectivity index (χ0v) is 13.1. The van der Waals surface area contributed by atoms with Crippen LogP contribution in [0.5, 0.6) is 0 Å². The maximum atomic E-state index is 12.4. The van der Waals surface area contributed by atoms with Crippen molar-refractivity contribution in [3.8, 4) is 0 Å². The minimum absolute atomic E-state index is 0.0500. The van der Waals surface area contributed by atoms with Crippen LogP contribution in [0.15, 0.2) is 36.4 Å². The maximum Gasteiger partial charge on any atom is 0.318 e. The molecule has 0 aromatic heterocycles. The third kappa shape index (κ3) is 3.73. The predicted molar refractivity (Wildman–Crippen MR) is 87.9 cm³/mol. The Hall–Kier alpha value is -2.30. The number of aliphatic carboxylic acids is 1. The van der Waals surface area contributed by atoms with Gasteiger partial charge in [0.1, 0.15) is 0 Å². The number of amides is 2. The molecule has 5 heteroatoms. The predicted octanol–water partition coefficient (Wildman–Crippen LogP) is 2.74. The van der Waals surface area contributed by atoms with Crippen molar-refractivity contribution in [1.82, 2.24) is 10.2 Å². The molecule has 2 N–H and O–H groups in total. The largest absolute Gasteiger partial charge is 0.481 e. The molecule has 0 saturated heterocycles. The number of rotatable bonds is 3. The van der Waals surface area contributed by atoms with Crippen molar-refractivity contribution >= 4 is 17.6 Å². The smallest absolute Gasteiger partial charge is 0.318 e. The zero-order valence-electron chi connectivity index (χ0n) is 13.1. The Kier molecular flexibility index (Phi) is 4.65. The Bertz CT molecular complexity index is 604. The van der Waals surface area contributed by atoms with Crippen LogP contribution in [0.4, 0.5) is 4.79 Å². The highest BCUT2D eigenvalue weighted by molar-refractivity contribution is 5.81. The van der Waals surface area contributed by atoms with Crippen LogP contribution in [0.1, 0.15) is 31.2 Å². The molecule has 23 heavy (non-hydrogen) atoms. The SMILES string of the molecule is O=C(O)C1CCC(NC(=O)N2CC=C(c3ccccc3)C2)CC1. The lowest BCUT2D eigenvalue weighted by Crippen LogP contribution is -2.45. The number of hydrogen-bond acceptors (Lipinski definition) is 2. The van der Waals surface area contributed by atoms with E-state index in [1.165, 1.54) is 5.57 Å². The van der Waals surface area contributed by atoms with Gasteiger partial charge in [-0.25, -0.2) is 4.79 Å². The molecule has 1 heterocycles. The minimum atomic E-state index is -0.717. The molecule has 1 saturated carbocycles. The van der Waals surface area contributed by atoms with Crippen LogP contribution in [-0.4, -0.2) is 41.1 Å². The summed E-state index contributed by atoms with van der Waals surface area (Å²) in [6, 6.07) is 10.1. The molecule has 0 atom stereocenters. The van der Waals surface area contributed by atoms with E-state index >= 15 is 0 Å². The van der Waals surface area contributed by atoms with Crippen molar-refractivity contribution in [1.29, 1.82) is 0 Å². The van der Waals surface area contributed by atoms with E-state index in [1.807, 2.05) is 18.2 Å². The second-order valence-electron chi connectivity index (χ2n) is 6.31. The fourth-order valence-corrected chi connectivity index (χ4v) is 3.32. The molecule has 1 fully saturated rings. The Labute approximate surface area is 136 Å². The first-order valence-electron chi connectivity index (χ1n) is 8.16. The number of urea groups is 1. The average molecular weight is 314 g/mol. The van der Waals surface area contributed by atoms with Crippen LogP contribution in [0, 0.1) is 5.92 Å². The summed E-state index contributed by atoms with van der Waals surface area (Å²) < 4.78 is 0. The first kappa shape index (κ1) is 15.6. The number of benzene rings is 1. The molecule has 1 aliphatic heterocycles. The van der Waals surface area contributed by atoms with Gasteiger partial charge in [0.25, 0.3) is 0 Å². The van der Waals surface area contributed by atoms with Gasteiger partial charge in [-0.2, -0.15) is 0 Å². The Morgan fingerprint density at radius 3 is 2.43 bits per heavy atom. The van der Waals surface area contributed by atoms with E-state index in [4.69, 9.17) is 5.11 Å². The number of carbonyl (C=O) groups excluding carboxylic acids is 1. The van der Waals surface area contributed by atoms with Gasteiger partial charge >= 0.3 is 12.0 Å². The minimum Gasteiger partial charge on any atom is -0.481 e. The zero-order chi connectivity index (χ0) is 16.2. The van der Waals surface area contributed by atoms with Crippen LogP contribution in [0.25, 0.3) is 5.57 Å². The van der Waals surface area contributed by atoms with E-state index in [9.17, 15) is 9.59 Å². The summed E-state index contributed by atoms with van der Waals surface area (Å²) in [6.45, 7) is 1.25. The molecule has 2 aliphatic rings. The molecule has 1 aromatic rings. The van der Waals surface area contributed by atoms with E-state index in [0.717, 1.165) is 18.4 Å². The number of carboxylic acids is 1. The van der Waals surface area contributed by atoms with Gasteiger partial charge in [0.05, 0.1) is 5.92 Å². The van der Waals surface area contributed by atoms with Gasteiger partial charge in [-0.3, -0.25) is 4.79 Å². The quantitative estimate of drug-likeness (QED) is 0.901. The molecule has 0 radical (unpaired) electrons. The van der Waals surface area contributed by atoms with Crippen LogP contribution in [0.3, 0.4) is 0 Å². The molecule has 3 rings (SSSR count). The highest BCUT2D eigenvalue weighted by Gasteiger charge is 2.28. The van der Waals surface area contributed by atoms with Crippen LogP contribution < -0.4 is 5.32 Å². The summed E-state index contributed by atoms with van der Waals surface area (Å²) in [4.78, 5) is 25.1. The standard InChI is InChI=1S/C18H22N2O3/c21-17(22)14-6-8-16(9-7-14)19-18(23)20-11-10-15(12-20)13-4-2-1-3-5-13/h1-5,10,14,16H,6-9,11-12H2,(H,19,23)(H,21,22). The second-order valence-corrected chi connectivity index (χ2v) is 6.31. The molecule has 122 valence electrons. The van der Waals surface area contributed by atoms with Crippen LogP contribution in [0.2, 0.25) is 0 Å². The molecule has 2 amide bonds. The fraction of sp³-hybridized carbons (Fsp3) is 0.444. The summed E-state index contributed by atoms with van der Waals surface area (Å²) in [5.74, 6) is -0.965. The van der Waals surface area contributed by atoms with Gasteiger partial charge in [0.2, 0.25) is 0 Å². The van der Waals surface area contributed by atoms with E-state index in [-0.39, 0.29) is 18.0 Å². The fourth-order valence-electron chi connectivity index (χ4n) is 3.32. The first-order valence-corrected chi connectivity index (χ1v) is 8.16. The van der Waals surface area contributed by atoms with Crippen LogP contribution in [-0.2, 0) is 4.79 Å². The van der Waals surface area contributed by atoms with Gasteiger partial charge < -0.3 is 15.3 Å². The topological polar surface area (TPSA) is 69.6 Å². The number of hydrogen-bond donors (Lipinski definition) is 2. The van der Waals surface area contributed by atoms with Gasteiger partial charge in [0.15, 0.2) is 0 Å². The van der Waals surface area contributed by atoms with Crippen molar-refractivity contribution < 1.29 is 14.7 Å². The van der Waals surface area contributed by atoms with Crippen molar-refractivity contribution in [2.45, 2.75) is 31.7 Å². The molecule has 1 aliphatic carbocycles. The number of carboxylic acid groups (broad SMARTS) is 1. The Balaban J connectivity index is 1.48. The maximum absolute atomic E-state index is 12.4. The molecule has 0 unspecified atom stereocenters. The van der Waals surface area contributed by atoms with E-state index in [1.54, 1.807) is 4.90 Å². The molecular formula is C18H22N2O3. The molecule has 1 aromatic carbocycles. The summed E-state index contributed by atoms with van der Waals surface area (Å²) in [6.07, 6.45) is 4.88. The Morgan fingerprint density at radius 1 is 1.09 bits per heavy atom. The summed E-state index contributed by atoms with van der Waals surface area (Å²) in [5.41, 5.74) is 2.33. The summed E-state index contributed by atoms with van der Waals surface area (Å²) >= 11 is 0. The number of nitrogens with zero attached hydrogens (tertiary/aromatic N) is 1. The third-order valence-electron chi connectivity index (χ3n) is 4.76. The van der Waals surface area contributed by atoms with Gasteiger partial charge in [-0.15, -0.1) is 0 Å². The van der Waals surface area contributed by atoms with E-state index in [0.29, 0.717) is 25.9 Å². The summed E-state index contributed by atoms with van der Waals surface area (Å²) in [5, 5.41) is 12.1. The Morgan fingerprint density at radius 2 is 1.78 bits per heavy atom. The molecule has 0 bridgehead atoms. The molecule has 0 spiro atoms. The monoisotopic (exact) mass is 314 g/mol.